The summed E-state index contributed by atoms with van der Waals surface area (Å²) < 4.78 is 12.5. The Balaban J connectivity index is 2.89. The Hall–Kier alpha value is -1.44. The van der Waals surface area contributed by atoms with Crippen molar-refractivity contribution < 1.29 is 9.18 Å². The molecule has 13 heavy (non-hydrogen) atoms. The fourth-order valence-electron chi connectivity index (χ4n) is 1.09. The van der Waals surface area contributed by atoms with E-state index in [1.807, 2.05) is 0 Å². The lowest BCUT2D eigenvalue weighted by Gasteiger charge is -2.06. The van der Waals surface area contributed by atoms with Crippen LogP contribution in [0.2, 0.25) is 0 Å². The van der Waals surface area contributed by atoms with Crippen molar-refractivity contribution in [2.75, 3.05) is 0 Å². The Morgan fingerprint density at radius 2 is 2.00 bits per heavy atom. The first-order chi connectivity index (χ1) is 6.15. The number of benzene rings is 1. The Kier molecular flexibility index (Phi) is 2.96. The lowest BCUT2D eigenvalue weighted by Crippen LogP contribution is -2.05. The minimum Gasteiger partial charge on any atom is -0.294 e. The summed E-state index contributed by atoms with van der Waals surface area (Å²) in [5.41, 5.74) is 0.811. The highest BCUT2D eigenvalue weighted by atomic mass is 19.1. The highest BCUT2D eigenvalue weighted by molar-refractivity contribution is 5.94. The van der Waals surface area contributed by atoms with Gasteiger partial charge in [-0.3, -0.25) is 4.79 Å². The van der Waals surface area contributed by atoms with Crippen molar-refractivity contribution in [3.8, 4) is 0 Å². The topological polar surface area (TPSA) is 17.1 Å². The zero-order valence-corrected chi connectivity index (χ0v) is 7.46. The Bertz CT molecular complexity index is 313. The van der Waals surface area contributed by atoms with Crippen LogP contribution >= 0.6 is 0 Å². The van der Waals surface area contributed by atoms with Crippen LogP contribution in [0.25, 0.3) is 0 Å². The highest BCUT2D eigenvalue weighted by Crippen LogP contribution is 2.16. The van der Waals surface area contributed by atoms with Crippen LogP contribution in [-0.4, -0.2) is 5.78 Å². The number of halogens is 1. The zero-order valence-electron chi connectivity index (χ0n) is 7.46. The van der Waals surface area contributed by atoms with Crippen molar-refractivity contribution >= 4 is 5.78 Å². The second kappa shape index (κ2) is 3.99. The van der Waals surface area contributed by atoms with E-state index < -0.39 is 0 Å². The van der Waals surface area contributed by atoms with Gasteiger partial charge in [0.05, 0.1) is 0 Å². The molecule has 0 spiro atoms. The van der Waals surface area contributed by atoms with Crippen LogP contribution in [0, 0.1) is 5.82 Å². The fraction of sp³-hybridized carbons (Fsp3) is 0.182. The van der Waals surface area contributed by atoms with Gasteiger partial charge < -0.3 is 0 Å². The van der Waals surface area contributed by atoms with Crippen LogP contribution in [-0.2, 0) is 4.79 Å². The molecule has 1 aromatic rings. The molecular formula is C11H11FO. The van der Waals surface area contributed by atoms with Gasteiger partial charge in [0.1, 0.15) is 5.82 Å². The molecule has 0 bridgehead atoms. The van der Waals surface area contributed by atoms with E-state index in [0.29, 0.717) is 0 Å². The van der Waals surface area contributed by atoms with Crippen molar-refractivity contribution in [1.82, 2.24) is 0 Å². The molecule has 0 saturated heterocycles. The minimum atomic E-state index is -0.290. The number of hydrogen-bond acceptors (Lipinski definition) is 1. The van der Waals surface area contributed by atoms with Crippen LogP contribution in [0.4, 0.5) is 4.39 Å². The number of hydrogen-bond donors (Lipinski definition) is 0. The first-order valence-corrected chi connectivity index (χ1v) is 4.07. The predicted molar refractivity (Wildman–Crippen MR) is 50.0 cm³/mol. The number of allylic oxidation sites excluding steroid dienone is 1. The van der Waals surface area contributed by atoms with E-state index in [1.54, 1.807) is 19.1 Å². The highest BCUT2D eigenvalue weighted by Gasteiger charge is 2.11. The fourth-order valence-corrected chi connectivity index (χ4v) is 1.09. The van der Waals surface area contributed by atoms with Gasteiger partial charge in [0.25, 0.3) is 0 Å². The summed E-state index contributed by atoms with van der Waals surface area (Å²) in [6.45, 7) is 5.18. The molecule has 0 fully saturated rings. The molecule has 2 heteroatoms. The molecular weight excluding hydrogens is 167 g/mol. The number of ketones is 1. The van der Waals surface area contributed by atoms with E-state index in [-0.39, 0.29) is 17.5 Å². The van der Waals surface area contributed by atoms with Gasteiger partial charge in [-0.25, -0.2) is 4.39 Å². The Morgan fingerprint density at radius 1 is 1.46 bits per heavy atom. The number of rotatable bonds is 3. The SMILES string of the molecule is C=CC(=O)C(C)c1ccc(F)cc1. The van der Waals surface area contributed by atoms with Gasteiger partial charge in [-0.2, -0.15) is 0 Å². The molecule has 0 radical (unpaired) electrons. The molecule has 0 heterocycles. The molecule has 1 aromatic carbocycles. The summed E-state index contributed by atoms with van der Waals surface area (Å²) in [6, 6.07) is 5.92. The largest absolute Gasteiger partial charge is 0.294 e. The van der Waals surface area contributed by atoms with Gasteiger partial charge in [0.2, 0.25) is 0 Å². The molecule has 0 aliphatic rings. The van der Waals surface area contributed by atoms with Crippen LogP contribution in [0.5, 0.6) is 0 Å². The molecule has 0 amide bonds. The maximum Gasteiger partial charge on any atom is 0.162 e. The van der Waals surface area contributed by atoms with Crippen LogP contribution in [0.1, 0.15) is 18.4 Å². The lowest BCUT2D eigenvalue weighted by atomic mass is 9.97. The zero-order chi connectivity index (χ0) is 9.84. The number of carbonyl (C=O) groups excluding carboxylic acids is 1. The number of carbonyl (C=O) groups is 1. The van der Waals surface area contributed by atoms with Gasteiger partial charge in [0, 0.05) is 5.92 Å². The summed E-state index contributed by atoms with van der Waals surface area (Å²) >= 11 is 0. The van der Waals surface area contributed by atoms with E-state index >= 15 is 0 Å². The summed E-state index contributed by atoms with van der Waals surface area (Å²) in [6.07, 6.45) is 1.29. The van der Waals surface area contributed by atoms with Crippen molar-refractivity contribution in [3.63, 3.8) is 0 Å². The van der Waals surface area contributed by atoms with E-state index in [4.69, 9.17) is 0 Å². The van der Waals surface area contributed by atoms with Gasteiger partial charge in [-0.05, 0) is 23.8 Å². The maximum atomic E-state index is 12.5. The maximum absolute atomic E-state index is 12.5. The van der Waals surface area contributed by atoms with E-state index in [0.717, 1.165) is 5.56 Å². The van der Waals surface area contributed by atoms with Crippen LogP contribution in [0.15, 0.2) is 36.9 Å². The normalized spacial score (nSPS) is 12.2. The summed E-state index contributed by atoms with van der Waals surface area (Å²) in [7, 11) is 0. The quantitative estimate of drug-likeness (QED) is 0.650. The van der Waals surface area contributed by atoms with Gasteiger partial charge in [-0.1, -0.05) is 25.6 Å². The molecule has 0 saturated carbocycles. The summed E-state index contributed by atoms with van der Waals surface area (Å²) in [4.78, 5) is 11.2. The van der Waals surface area contributed by atoms with Crippen molar-refractivity contribution in [2.45, 2.75) is 12.8 Å². The van der Waals surface area contributed by atoms with Crippen molar-refractivity contribution in [1.29, 1.82) is 0 Å². The Labute approximate surface area is 76.9 Å². The second-order valence-corrected chi connectivity index (χ2v) is 2.88. The predicted octanol–water partition coefficient (Wildman–Crippen LogP) is 2.68. The molecule has 0 N–H and O–H groups in total. The summed E-state index contributed by atoms with van der Waals surface area (Å²) in [5, 5.41) is 0. The molecule has 1 rings (SSSR count). The van der Waals surface area contributed by atoms with E-state index in [2.05, 4.69) is 6.58 Å². The first-order valence-electron chi connectivity index (χ1n) is 4.07. The van der Waals surface area contributed by atoms with Crippen molar-refractivity contribution in [3.05, 3.63) is 48.3 Å². The molecule has 0 aromatic heterocycles. The minimum absolute atomic E-state index is 0.0494. The smallest absolute Gasteiger partial charge is 0.162 e. The third-order valence-electron chi connectivity index (χ3n) is 2.00. The van der Waals surface area contributed by atoms with Gasteiger partial charge in [-0.15, -0.1) is 0 Å². The second-order valence-electron chi connectivity index (χ2n) is 2.88. The van der Waals surface area contributed by atoms with Gasteiger partial charge in [0.15, 0.2) is 5.78 Å². The van der Waals surface area contributed by atoms with E-state index in [9.17, 15) is 9.18 Å². The third-order valence-corrected chi connectivity index (χ3v) is 2.00. The monoisotopic (exact) mass is 178 g/mol. The van der Waals surface area contributed by atoms with Crippen LogP contribution < -0.4 is 0 Å². The Morgan fingerprint density at radius 3 is 2.46 bits per heavy atom. The average Bonchev–Trinajstić information content (AvgIpc) is 2.17. The van der Waals surface area contributed by atoms with Gasteiger partial charge >= 0.3 is 0 Å². The molecule has 0 aliphatic heterocycles. The molecule has 1 unspecified atom stereocenters. The van der Waals surface area contributed by atoms with Crippen LogP contribution in [0.3, 0.4) is 0 Å². The van der Waals surface area contributed by atoms with Crippen molar-refractivity contribution in [2.24, 2.45) is 0 Å². The lowest BCUT2D eigenvalue weighted by molar-refractivity contribution is -0.115. The standard InChI is InChI=1S/C11H11FO/c1-3-11(13)8(2)9-4-6-10(12)7-5-9/h3-8H,1H2,2H3. The molecule has 0 aliphatic carbocycles. The molecule has 68 valence electrons. The average molecular weight is 178 g/mol. The third kappa shape index (κ3) is 2.25. The molecule has 1 atom stereocenters. The molecule has 1 nitrogen and oxygen atoms in total. The summed E-state index contributed by atoms with van der Waals surface area (Å²) in [5.74, 6) is -0.577. The first kappa shape index (κ1) is 9.65. The van der Waals surface area contributed by atoms with E-state index in [1.165, 1.54) is 18.2 Å².